The number of hydrogen-bond acceptors (Lipinski definition) is 5. The van der Waals surface area contributed by atoms with E-state index in [0.717, 1.165) is 17.0 Å². The Kier molecular flexibility index (Phi) is 7.78. The van der Waals surface area contributed by atoms with E-state index in [2.05, 4.69) is 20.7 Å². The summed E-state index contributed by atoms with van der Waals surface area (Å²) in [5.74, 6) is -1.21. The van der Waals surface area contributed by atoms with E-state index in [0.29, 0.717) is 16.8 Å². The highest BCUT2D eigenvalue weighted by Crippen LogP contribution is 2.15. The van der Waals surface area contributed by atoms with Crippen LogP contribution in [0.3, 0.4) is 0 Å². The second-order valence-electron chi connectivity index (χ2n) is 7.78. The fourth-order valence-corrected chi connectivity index (χ4v) is 3.27. The van der Waals surface area contributed by atoms with E-state index in [9.17, 15) is 14.0 Å². The van der Waals surface area contributed by atoms with Gasteiger partial charge < -0.3 is 10.1 Å². The quantitative estimate of drug-likeness (QED) is 0.325. The monoisotopic (exact) mass is 465 g/mol. The molecule has 8 nitrogen and oxygen atoms in total. The van der Waals surface area contributed by atoms with Gasteiger partial charge >= 0.3 is 5.97 Å². The van der Waals surface area contributed by atoms with Gasteiger partial charge in [-0.05, 0) is 69.7 Å². The minimum atomic E-state index is -0.507. The Morgan fingerprint density at radius 1 is 1.09 bits per heavy atom. The SMILES string of the molecule is CCOC(=O)c1ccc(NC(=NCc2c(C)nn(C)c2C)NC(=O)c2ccc(C)c(F)c2)cc1. The largest absolute Gasteiger partial charge is 0.462 e. The van der Waals surface area contributed by atoms with Crippen LogP contribution >= 0.6 is 0 Å². The second kappa shape index (κ2) is 10.7. The van der Waals surface area contributed by atoms with Crippen LogP contribution in [0.1, 0.15) is 50.2 Å². The predicted molar refractivity (Wildman–Crippen MR) is 128 cm³/mol. The first-order valence-electron chi connectivity index (χ1n) is 10.8. The van der Waals surface area contributed by atoms with Gasteiger partial charge in [-0.25, -0.2) is 14.2 Å². The zero-order valence-corrected chi connectivity index (χ0v) is 19.9. The molecule has 0 spiro atoms. The van der Waals surface area contributed by atoms with E-state index >= 15 is 0 Å². The lowest BCUT2D eigenvalue weighted by molar-refractivity contribution is 0.0526. The Labute approximate surface area is 197 Å². The van der Waals surface area contributed by atoms with Gasteiger partial charge in [0.05, 0.1) is 24.4 Å². The number of anilines is 1. The van der Waals surface area contributed by atoms with Crippen LogP contribution in [-0.4, -0.2) is 34.2 Å². The highest BCUT2D eigenvalue weighted by molar-refractivity contribution is 6.10. The molecular formula is C25H28FN5O3. The normalized spacial score (nSPS) is 11.3. The van der Waals surface area contributed by atoms with Crippen molar-refractivity contribution in [3.8, 4) is 0 Å². The van der Waals surface area contributed by atoms with E-state index < -0.39 is 17.7 Å². The van der Waals surface area contributed by atoms with Gasteiger partial charge in [0.15, 0.2) is 0 Å². The number of carbonyl (C=O) groups is 2. The van der Waals surface area contributed by atoms with E-state index in [1.807, 2.05) is 20.9 Å². The molecule has 34 heavy (non-hydrogen) atoms. The third-order valence-electron chi connectivity index (χ3n) is 5.38. The maximum Gasteiger partial charge on any atom is 0.338 e. The third-order valence-corrected chi connectivity index (χ3v) is 5.38. The smallest absolute Gasteiger partial charge is 0.338 e. The van der Waals surface area contributed by atoms with E-state index in [1.54, 1.807) is 54.9 Å². The average Bonchev–Trinajstić information content (AvgIpc) is 3.05. The number of nitrogens with one attached hydrogen (secondary N) is 2. The summed E-state index contributed by atoms with van der Waals surface area (Å²) in [6.07, 6.45) is 0. The van der Waals surface area contributed by atoms with Crippen molar-refractivity contribution in [2.24, 2.45) is 12.0 Å². The third kappa shape index (κ3) is 5.86. The van der Waals surface area contributed by atoms with Gasteiger partial charge in [-0.1, -0.05) is 6.07 Å². The molecule has 0 aliphatic rings. The molecule has 1 heterocycles. The summed E-state index contributed by atoms with van der Waals surface area (Å²) in [4.78, 5) is 29.2. The first-order valence-corrected chi connectivity index (χ1v) is 10.8. The second-order valence-corrected chi connectivity index (χ2v) is 7.78. The molecule has 0 atom stereocenters. The Bertz CT molecular complexity index is 1230. The maximum atomic E-state index is 14.0. The van der Waals surface area contributed by atoms with Crippen LogP contribution in [0.25, 0.3) is 0 Å². The molecule has 2 aromatic carbocycles. The van der Waals surface area contributed by atoms with Crippen LogP contribution in [0.2, 0.25) is 0 Å². The molecule has 1 aromatic heterocycles. The molecule has 0 bridgehead atoms. The lowest BCUT2D eigenvalue weighted by Gasteiger charge is -2.13. The number of guanidine groups is 1. The molecule has 0 aliphatic carbocycles. The number of aliphatic imine (C=N–C) groups is 1. The number of benzene rings is 2. The average molecular weight is 466 g/mol. The number of aromatic nitrogens is 2. The highest BCUT2D eigenvalue weighted by Gasteiger charge is 2.14. The molecule has 0 fully saturated rings. The lowest BCUT2D eigenvalue weighted by Crippen LogP contribution is -2.36. The molecule has 3 aromatic rings. The molecule has 0 unspecified atom stereocenters. The van der Waals surface area contributed by atoms with Gasteiger partial charge in [0.2, 0.25) is 5.96 Å². The minimum absolute atomic E-state index is 0.170. The van der Waals surface area contributed by atoms with Gasteiger partial charge in [-0.2, -0.15) is 5.10 Å². The molecule has 0 aliphatic heterocycles. The standard InChI is InChI=1S/C25H28FN5O3/c1-6-34-24(33)18-9-11-20(12-10-18)28-25(27-14-21-16(3)30-31(5)17(21)4)29-23(32)19-8-7-15(2)22(26)13-19/h7-13H,6,14H2,1-5H3,(H2,27,28,29,32). The summed E-state index contributed by atoms with van der Waals surface area (Å²) in [5, 5.41) is 10.2. The van der Waals surface area contributed by atoms with E-state index in [4.69, 9.17) is 4.74 Å². The van der Waals surface area contributed by atoms with Gasteiger partial charge in [-0.15, -0.1) is 0 Å². The van der Waals surface area contributed by atoms with Crippen molar-refractivity contribution in [3.63, 3.8) is 0 Å². The molecule has 0 saturated heterocycles. The number of halogens is 1. The van der Waals surface area contributed by atoms with Crippen molar-refractivity contribution in [3.05, 3.63) is 81.9 Å². The number of hydrogen-bond donors (Lipinski definition) is 2. The van der Waals surface area contributed by atoms with Crippen LogP contribution in [0.5, 0.6) is 0 Å². The summed E-state index contributed by atoms with van der Waals surface area (Å²) < 4.78 is 20.7. The molecule has 0 saturated carbocycles. The zero-order valence-electron chi connectivity index (χ0n) is 19.9. The molecule has 178 valence electrons. The van der Waals surface area contributed by atoms with Gasteiger partial charge in [0.1, 0.15) is 5.82 Å². The van der Waals surface area contributed by atoms with Crippen molar-refractivity contribution < 1.29 is 18.7 Å². The number of esters is 1. The summed E-state index contributed by atoms with van der Waals surface area (Å²) in [5.41, 5.74) is 4.38. The van der Waals surface area contributed by atoms with Gasteiger partial charge in [0, 0.05) is 29.6 Å². The molecule has 9 heteroatoms. The zero-order chi connectivity index (χ0) is 24.8. The first kappa shape index (κ1) is 24.6. The van der Waals surface area contributed by atoms with E-state index in [-0.39, 0.29) is 24.7 Å². The first-order chi connectivity index (χ1) is 16.2. The van der Waals surface area contributed by atoms with Crippen molar-refractivity contribution >= 4 is 23.5 Å². The van der Waals surface area contributed by atoms with Crippen LogP contribution in [0, 0.1) is 26.6 Å². The number of amides is 1. The molecule has 0 radical (unpaired) electrons. The molecular weight excluding hydrogens is 437 g/mol. The molecule has 1 amide bonds. The van der Waals surface area contributed by atoms with Crippen LogP contribution < -0.4 is 10.6 Å². The molecule has 3 rings (SSSR count). The van der Waals surface area contributed by atoms with Crippen molar-refractivity contribution in [1.82, 2.24) is 15.1 Å². The number of carbonyl (C=O) groups excluding carboxylic acids is 2. The van der Waals surface area contributed by atoms with E-state index in [1.165, 1.54) is 6.07 Å². The fourth-order valence-electron chi connectivity index (χ4n) is 3.27. The molecule has 2 N–H and O–H groups in total. The number of ether oxygens (including phenoxy) is 1. The topological polar surface area (TPSA) is 97.6 Å². The highest BCUT2D eigenvalue weighted by atomic mass is 19.1. The lowest BCUT2D eigenvalue weighted by atomic mass is 10.1. The summed E-state index contributed by atoms with van der Waals surface area (Å²) >= 11 is 0. The number of rotatable bonds is 6. The Hall–Kier alpha value is -4.01. The Balaban J connectivity index is 1.85. The van der Waals surface area contributed by atoms with Crippen molar-refractivity contribution in [1.29, 1.82) is 0 Å². The number of nitrogens with zero attached hydrogens (tertiary/aromatic N) is 3. The van der Waals surface area contributed by atoms with Gasteiger partial charge in [-0.3, -0.25) is 14.8 Å². The fraction of sp³-hybridized carbons (Fsp3) is 0.280. The Morgan fingerprint density at radius 3 is 2.35 bits per heavy atom. The van der Waals surface area contributed by atoms with Crippen LogP contribution in [0.15, 0.2) is 47.5 Å². The predicted octanol–water partition coefficient (Wildman–Crippen LogP) is 4.06. The summed E-state index contributed by atoms with van der Waals surface area (Å²) in [6.45, 7) is 7.77. The number of aryl methyl sites for hydroxylation is 3. The summed E-state index contributed by atoms with van der Waals surface area (Å²) in [7, 11) is 1.85. The Morgan fingerprint density at radius 2 is 1.76 bits per heavy atom. The van der Waals surface area contributed by atoms with Crippen LogP contribution in [-0.2, 0) is 18.3 Å². The van der Waals surface area contributed by atoms with Gasteiger partial charge in [0.25, 0.3) is 5.91 Å². The minimum Gasteiger partial charge on any atom is -0.462 e. The maximum absolute atomic E-state index is 14.0. The van der Waals surface area contributed by atoms with Crippen molar-refractivity contribution in [2.45, 2.75) is 34.2 Å². The summed E-state index contributed by atoms with van der Waals surface area (Å²) in [6, 6.07) is 10.9. The van der Waals surface area contributed by atoms with Crippen molar-refractivity contribution in [2.75, 3.05) is 11.9 Å². The van der Waals surface area contributed by atoms with Crippen LogP contribution in [0.4, 0.5) is 10.1 Å².